The number of thiophene rings is 1. The van der Waals surface area contributed by atoms with Crippen molar-refractivity contribution >= 4 is 21.6 Å². The van der Waals surface area contributed by atoms with Gasteiger partial charge in [-0.2, -0.15) is 4.98 Å². The molecule has 0 bridgehead atoms. The third kappa shape index (κ3) is 3.69. The summed E-state index contributed by atoms with van der Waals surface area (Å²) in [6.07, 6.45) is 5.92. The highest BCUT2D eigenvalue weighted by molar-refractivity contribution is 7.18. The maximum atomic E-state index is 12.3. The lowest BCUT2D eigenvalue weighted by Gasteiger charge is -2.14. The van der Waals surface area contributed by atoms with Crippen LogP contribution in [0.3, 0.4) is 0 Å². The molecule has 0 aliphatic carbocycles. The quantitative estimate of drug-likeness (QED) is 0.747. The fourth-order valence-electron chi connectivity index (χ4n) is 3.08. The van der Waals surface area contributed by atoms with Crippen LogP contribution in [0.15, 0.2) is 17.1 Å². The van der Waals surface area contributed by atoms with E-state index >= 15 is 0 Å². The molecule has 7 heteroatoms. The molecule has 0 spiro atoms. The van der Waals surface area contributed by atoms with Gasteiger partial charge in [-0.1, -0.05) is 26.2 Å². The normalized spacial score (nSPS) is 24.0. The summed E-state index contributed by atoms with van der Waals surface area (Å²) >= 11 is 1.57. The highest BCUT2D eigenvalue weighted by atomic mass is 32.1. The van der Waals surface area contributed by atoms with Crippen LogP contribution in [0.25, 0.3) is 10.2 Å². The zero-order chi connectivity index (χ0) is 17.1. The molecule has 1 saturated heterocycles. The van der Waals surface area contributed by atoms with Crippen molar-refractivity contribution in [2.24, 2.45) is 0 Å². The van der Waals surface area contributed by atoms with Crippen molar-refractivity contribution in [3.8, 4) is 0 Å². The van der Waals surface area contributed by atoms with Crippen molar-refractivity contribution in [2.75, 3.05) is 6.61 Å². The number of aliphatic hydroxyl groups excluding tert-OH is 2. The topological polar surface area (TPSA) is 84.6 Å². The van der Waals surface area contributed by atoms with Crippen LogP contribution in [0.1, 0.15) is 50.1 Å². The Balaban J connectivity index is 1.78. The molecule has 2 aromatic heterocycles. The zero-order valence-corrected chi connectivity index (χ0v) is 14.7. The van der Waals surface area contributed by atoms with Gasteiger partial charge in [-0.25, -0.2) is 4.79 Å². The third-order valence-electron chi connectivity index (χ3n) is 4.46. The summed E-state index contributed by atoms with van der Waals surface area (Å²) in [5.41, 5.74) is -0.377. The first-order valence-corrected chi connectivity index (χ1v) is 9.40. The van der Waals surface area contributed by atoms with E-state index in [4.69, 9.17) is 4.74 Å². The van der Waals surface area contributed by atoms with Gasteiger partial charge >= 0.3 is 5.69 Å². The number of fused-ring (bicyclic) bond motifs is 1. The Hall–Kier alpha value is -1.28. The van der Waals surface area contributed by atoms with Crippen LogP contribution >= 0.6 is 11.3 Å². The van der Waals surface area contributed by atoms with E-state index in [-0.39, 0.29) is 18.7 Å². The van der Waals surface area contributed by atoms with Crippen molar-refractivity contribution in [2.45, 2.75) is 63.9 Å². The predicted octanol–water partition coefficient (Wildman–Crippen LogP) is 2.22. The number of nitrogens with zero attached hydrogens (tertiary/aromatic N) is 2. The van der Waals surface area contributed by atoms with Crippen molar-refractivity contribution in [1.82, 2.24) is 9.55 Å². The van der Waals surface area contributed by atoms with Crippen LogP contribution in [0.5, 0.6) is 0 Å². The molecular formula is C17H24N2O4S. The van der Waals surface area contributed by atoms with E-state index in [1.54, 1.807) is 17.5 Å². The highest BCUT2D eigenvalue weighted by Gasteiger charge is 2.35. The van der Waals surface area contributed by atoms with Crippen LogP contribution in [0.4, 0.5) is 0 Å². The number of hydrogen-bond acceptors (Lipinski definition) is 6. The van der Waals surface area contributed by atoms with Gasteiger partial charge in [-0.3, -0.25) is 4.57 Å². The molecule has 1 aliphatic heterocycles. The van der Waals surface area contributed by atoms with E-state index in [2.05, 4.69) is 18.0 Å². The molecular weight excluding hydrogens is 328 g/mol. The van der Waals surface area contributed by atoms with Crippen LogP contribution in [0, 0.1) is 0 Å². The lowest BCUT2D eigenvalue weighted by molar-refractivity contribution is -0.0457. The monoisotopic (exact) mass is 352 g/mol. The van der Waals surface area contributed by atoms with E-state index in [1.807, 2.05) is 0 Å². The van der Waals surface area contributed by atoms with Gasteiger partial charge in [0.05, 0.1) is 12.7 Å². The summed E-state index contributed by atoms with van der Waals surface area (Å²) in [5.74, 6) is 0. The Kier molecular flexibility index (Phi) is 5.65. The van der Waals surface area contributed by atoms with Crippen LogP contribution in [-0.2, 0) is 11.2 Å². The van der Waals surface area contributed by atoms with Crippen LogP contribution < -0.4 is 5.69 Å². The number of aryl methyl sites for hydroxylation is 1. The summed E-state index contributed by atoms with van der Waals surface area (Å²) in [5, 5.41) is 20.0. The molecule has 1 aliphatic rings. The number of ether oxygens (including phenoxy) is 1. The van der Waals surface area contributed by atoms with Crippen molar-refractivity contribution in [3.63, 3.8) is 0 Å². The lowest BCUT2D eigenvalue weighted by atomic mass is 10.1. The van der Waals surface area contributed by atoms with E-state index in [0.717, 1.165) is 23.1 Å². The first-order chi connectivity index (χ1) is 11.6. The average molecular weight is 352 g/mol. The van der Waals surface area contributed by atoms with Gasteiger partial charge in [0.15, 0.2) is 0 Å². The molecule has 3 heterocycles. The highest BCUT2D eigenvalue weighted by Crippen LogP contribution is 2.29. The second-order valence-corrected chi connectivity index (χ2v) is 7.44. The summed E-state index contributed by atoms with van der Waals surface area (Å²) in [6.45, 7) is 1.93. The van der Waals surface area contributed by atoms with Gasteiger partial charge in [0.2, 0.25) is 0 Å². The molecule has 6 nitrogen and oxygen atoms in total. The molecule has 0 aromatic carbocycles. The Morgan fingerprint density at radius 1 is 1.42 bits per heavy atom. The molecule has 2 N–H and O–H groups in total. The van der Waals surface area contributed by atoms with Gasteiger partial charge in [0.1, 0.15) is 17.2 Å². The van der Waals surface area contributed by atoms with Crippen LogP contribution in [0.2, 0.25) is 0 Å². The maximum Gasteiger partial charge on any atom is 0.351 e. The molecule has 24 heavy (non-hydrogen) atoms. The van der Waals surface area contributed by atoms with Gasteiger partial charge in [-0.15, -0.1) is 11.3 Å². The second-order valence-electron chi connectivity index (χ2n) is 6.33. The predicted molar refractivity (Wildman–Crippen MR) is 93.3 cm³/mol. The summed E-state index contributed by atoms with van der Waals surface area (Å²) < 4.78 is 6.99. The van der Waals surface area contributed by atoms with E-state index in [1.165, 1.54) is 28.7 Å². The molecule has 1 fully saturated rings. The number of unbranched alkanes of at least 4 members (excludes halogenated alkanes) is 3. The minimum Gasteiger partial charge on any atom is -0.394 e. The molecule has 2 aromatic rings. The summed E-state index contributed by atoms with van der Waals surface area (Å²) in [4.78, 5) is 18.4. The zero-order valence-electron chi connectivity index (χ0n) is 13.9. The smallest absolute Gasteiger partial charge is 0.351 e. The molecule has 132 valence electrons. The number of rotatable bonds is 7. The van der Waals surface area contributed by atoms with Gasteiger partial charge in [-0.05, 0) is 18.9 Å². The Morgan fingerprint density at radius 3 is 2.96 bits per heavy atom. The molecule has 0 amide bonds. The Labute approximate surface area is 144 Å². The van der Waals surface area contributed by atoms with Crippen molar-refractivity contribution in [1.29, 1.82) is 0 Å². The van der Waals surface area contributed by atoms with Crippen molar-refractivity contribution in [3.05, 3.63) is 27.6 Å². The minimum absolute atomic E-state index is 0.261. The minimum atomic E-state index is -0.765. The SMILES string of the molecule is CCCCCCc1cc2cn(C3CC(O)C(CO)O3)c(=O)nc2s1. The Bertz CT molecular complexity index is 742. The summed E-state index contributed by atoms with van der Waals surface area (Å²) in [7, 11) is 0. The molecule has 0 saturated carbocycles. The van der Waals surface area contributed by atoms with E-state index < -0.39 is 18.4 Å². The standard InChI is InChI=1S/C17H24N2O4S/c1-2-3-4-5-6-12-7-11-9-19(17(22)18-16(11)24-12)15-8-13(21)14(10-20)23-15/h7,9,13-15,20-21H,2-6,8,10H2,1H3. The third-order valence-corrected chi connectivity index (χ3v) is 5.56. The van der Waals surface area contributed by atoms with Crippen molar-refractivity contribution < 1.29 is 14.9 Å². The largest absolute Gasteiger partial charge is 0.394 e. The average Bonchev–Trinajstić information content (AvgIpc) is 3.13. The van der Waals surface area contributed by atoms with Gasteiger partial charge in [0, 0.05) is 22.9 Å². The lowest BCUT2D eigenvalue weighted by Crippen LogP contribution is -2.27. The first kappa shape index (κ1) is 17.5. The van der Waals surface area contributed by atoms with Gasteiger partial charge in [0.25, 0.3) is 0 Å². The number of hydrogen-bond donors (Lipinski definition) is 2. The summed E-state index contributed by atoms with van der Waals surface area (Å²) in [6, 6.07) is 2.09. The number of aromatic nitrogens is 2. The molecule has 0 radical (unpaired) electrons. The maximum absolute atomic E-state index is 12.3. The fraction of sp³-hybridized carbons (Fsp3) is 0.647. The Morgan fingerprint density at radius 2 is 2.25 bits per heavy atom. The number of aliphatic hydroxyl groups is 2. The molecule has 3 rings (SSSR count). The van der Waals surface area contributed by atoms with E-state index in [0.29, 0.717) is 0 Å². The van der Waals surface area contributed by atoms with Gasteiger partial charge < -0.3 is 14.9 Å². The first-order valence-electron chi connectivity index (χ1n) is 8.58. The molecule has 3 atom stereocenters. The second kappa shape index (κ2) is 7.74. The molecule has 3 unspecified atom stereocenters. The van der Waals surface area contributed by atoms with Crippen LogP contribution in [-0.4, -0.2) is 38.6 Å². The van der Waals surface area contributed by atoms with E-state index in [9.17, 15) is 15.0 Å². The fourth-order valence-corrected chi connectivity index (χ4v) is 4.12.